The van der Waals surface area contributed by atoms with Gasteiger partial charge in [-0.25, -0.2) is 0 Å². The van der Waals surface area contributed by atoms with Crippen LogP contribution in [0.2, 0.25) is 0 Å². The highest BCUT2D eigenvalue weighted by molar-refractivity contribution is 6.06. The summed E-state index contributed by atoms with van der Waals surface area (Å²) in [5, 5.41) is 2.22. The zero-order chi connectivity index (χ0) is 38.7. The Bertz CT molecular complexity index is 3320. The highest BCUT2D eigenvalue weighted by Crippen LogP contribution is 2.65. The minimum absolute atomic E-state index is 0.487. The number of furan rings is 1. The van der Waals surface area contributed by atoms with Crippen LogP contribution in [0.5, 0.6) is 23.0 Å². The maximum Gasteiger partial charge on any atom is 0.194 e. The van der Waals surface area contributed by atoms with Crippen molar-refractivity contribution >= 4 is 39.0 Å². The van der Waals surface area contributed by atoms with Crippen molar-refractivity contribution in [1.29, 1.82) is 0 Å². The van der Waals surface area contributed by atoms with E-state index in [9.17, 15) is 0 Å². The number of para-hydroxylation sites is 3. The van der Waals surface area contributed by atoms with Gasteiger partial charge in [-0.3, -0.25) is 0 Å². The van der Waals surface area contributed by atoms with Gasteiger partial charge in [0.2, 0.25) is 0 Å². The summed E-state index contributed by atoms with van der Waals surface area (Å²) in [6.45, 7) is 0. The molecule has 0 saturated heterocycles. The fourth-order valence-electron chi connectivity index (χ4n) is 10.1. The van der Waals surface area contributed by atoms with Gasteiger partial charge >= 0.3 is 0 Å². The molecule has 0 radical (unpaired) electrons. The van der Waals surface area contributed by atoms with E-state index >= 15 is 0 Å². The first-order valence-electron chi connectivity index (χ1n) is 20.1. The first-order chi connectivity index (χ1) is 29.2. The van der Waals surface area contributed by atoms with Crippen LogP contribution in [0, 0.1) is 0 Å². The molecular formula is C55H33NO3. The van der Waals surface area contributed by atoms with Crippen LogP contribution in [0.25, 0.3) is 55.3 Å². The van der Waals surface area contributed by atoms with Crippen LogP contribution >= 0.6 is 0 Å². The Hall–Kier alpha value is -7.82. The molecule has 0 fully saturated rings. The number of ether oxygens (including phenoxy) is 2. The number of hydrogen-bond acceptors (Lipinski definition) is 4. The Morgan fingerprint density at radius 2 is 0.966 bits per heavy atom. The molecule has 59 heavy (non-hydrogen) atoms. The van der Waals surface area contributed by atoms with E-state index in [1.54, 1.807) is 0 Å². The lowest BCUT2D eigenvalue weighted by Crippen LogP contribution is -2.25. The third-order valence-corrected chi connectivity index (χ3v) is 12.5. The summed E-state index contributed by atoms with van der Waals surface area (Å²) >= 11 is 0. The lowest BCUT2D eigenvalue weighted by molar-refractivity contribution is 0.360. The Morgan fingerprint density at radius 3 is 1.75 bits per heavy atom. The van der Waals surface area contributed by atoms with E-state index < -0.39 is 5.41 Å². The molecule has 2 heterocycles. The Morgan fingerprint density at radius 1 is 0.356 bits per heavy atom. The van der Waals surface area contributed by atoms with Gasteiger partial charge in [0.05, 0.1) is 11.1 Å². The maximum absolute atomic E-state index is 7.15. The number of anilines is 3. The van der Waals surface area contributed by atoms with E-state index in [-0.39, 0.29) is 0 Å². The molecule has 13 rings (SSSR count). The third kappa shape index (κ3) is 4.48. The zero-order valence-electron chi connectivity index (χ0n) is 31.7. The second-order valence-electron chi connectivity index (χ2n) is 15.6. The molecule has 0 bridgehead atoms. The van der Waals surface area contributed by atoms with E-state index in [0.717, 1.165) is 50.1 Å². The molecule has 3 aliphatic rings. The van der Waals surface area contributed by atoms with Crippen molar-refractivity contribution in [3.63, 3.8) is 0 Å². The van der Waals surface area contributed by atoms with Gasteiger partial charge in [-0.2, -0.15) is 0 Å². The minimum atomic E-state index is -0.487. The highest BCUT2D eigenvalue weighted by atomic mass is 16.6. The Kier molecular flexibility index (Phi) is 6.62. The van der Waals surface area contributed by atoms with Gasteiger partial charge in [0.25, 0.3) is 0 Å². The van der Waals surface area contributed by atoms with E-state index in [1.807, 2.05) is 30.3 Å². The fourth-order valence-corrected chi connectivity index (χ4v) is 10.1. The molecule has 10 aromatic rings. The second kappa shape index (κ2) is 12.1. The number of rotatable bonds is 4. The largest absolute Gasteiger partial charge is 0.456 e. The molecule has 4 nitrogen and oxygen atoms in total. The Balaban J connectivity index is 0.964. The normalized spacial score (nSPS) is 13.5. The summed E-state index contributed by atoms with van der Waals surface area (Å²) in [7, 11) is 0. The van der Waals surface area contributed by atoms with Gasteiger partial charge in [0.1, 0.15) is 11.2 Å². The SMILES string of the molecule is c1ccc(N(c2cccc(-c3ccc4oc5ccccc5c4c3)c2)c2cccc3c2Oc2cc4c(cc2O3)-c2ccccc2C42c3ccccc3-c3ccccc32)cc1. The van der Waals surface area contributed by atoms with Crippen molar-refractivity contribution in [1.82, 2.24) is 0 Å². The molecule has 1 aliphatic heterocycles. The highest BCUT2D eigenvalue weighted by Gasteiger charge is 2.52. The van der Waals surface area contributed by atoms with Gasteiger partial charge in [-0.1, -0.05) is 133 Å². The maximum atomic E-state index is 7.15. The van der Waals surface area contributed by atoms with Gasteiger partial charge in [-0.15, -0.1) is 0 Å². The lowest BCUT2D eigenvalue weighted by Gasteiger charge is -2.32. The van der Waals surface area contributed by atoms with Gasteiger partial charge < -0.3 is 18.8 Å². The van der Waals surface area contributed by atoms with Gasteiger partial charge in [-0.05, 0) is 122 Å². The smallest absolute Gasteiger partial charge is 0.194 e. The fraction of sp³-hybridized carbons (Fsp3) is 0.0182. The predicted octanol–water partition coefficient (Wildman–Crippen LogP) is 15.0. The average molecular weight is 756 g/mol. The number of fused-ring (bicyclic) bond motifs is 15. The second-order valence-corrected chi connectivity index (χ2v) is 15.6. The van der Waals surface area contributed by atoms with Crippen LogP contribution in [-0.4, -0.2) is 0 Å². The summed E-state index contributed by atoms with van der Waals surface area (Å²) in [5.41, 5.74) is 16.4. The molecule has 1 aromatic heterocycles. The van der Waals surface area contributed by atoms with Crippen molar-refractivity contribution in [2.75, 3.05) is 4.90 Å². The molecule has 0 N–H and O–H groups in total. The predicted molar refractivity (Wildman–Crippen MR) is 237 cm³/mol. The first-order valence-corrected chi connectivity index (χ1v) is 20.1. The Labute approximate surface area is 340 Å². The molecule has 2 aliphatic carbocycles. The van der Waals surface area contributed by atoms with Crippen LogP contribution in [0.4, 0.5) is 17.1 Å². The van der Waals surface area contributed by atoms with Crippen molar-refractivity contribution in [2.45, 2.75) is 5.41 Å². The minimum Gasteiger partial charge on any atom is -0.456 e. The van der Waals surface area contributed by atoms with E-state index in [1.165, 1.54) is 44.5 Å². The van der Waals surface area contributed by atoms with Crippen LogP contribution < -0.4 is 14.4 Å². The molecule has 9 aromatic carbocycles. The molecule has 0 atom stereocenters. The van der Waals surface area contributed by atoms with E-state index in [0.29, 0.717) is 23.0 Å². The molecule has 276 valence electrons. The molecule has 0 unspecified atom stereocenters. The monoisotopic (exact) mass is 755 g/mol. The van der Waals surface area contributed by atoms with Gasteiger partial charge in [0, 0.05) is 22.1 Å². The van der Waals surface area contributed by atoms with Crippen LogP contribution in [0.15, 0.2) is 205 Å². The molecule has 4 heteroatoms. The van der Waals surface area contributed by atoms with Crippen molar-refractivity contribution < 1.29 is 13.9 Å². The number of benzene rings is 9. The summed E-state index contributed by atoms with van der Waals surface area (Å²) in [4.78, 5) is 2.26. The summed E-state index contributed by atoms with van der Waals surface area (Å²) in [6, 6.07) is 71.0. The zero-order valence-corrected chi connectivity index (χ0v) is 31.7. The van der Waals surface area contributed by atoms with Crippen LogP contribution in [0.1, 0.15) is 22.3 Å². The third-order valence-electron chi connectivity index (χ3n) is 12.5. The summed E-state index contributed by atoms with van der Waals surface area (Å²) < 4.78 is 20.2. The van der Waals surface area contributed by atoms with Crippen molar-refractivity contribution in [2.24, 2.45) is 0 Å². The molecule has 0 saturated carbocycles. The van der Waals surface area contributed by atoms with Crippen molar-refractivity contribution in [3.8, 4) is 56.4 Å². The van der Waals surface area contributed by atoms with Crippen molar-refractivity contribution in [3.05, 3.63) is 222 Å². The van der Waals surface area contributed by atoms with E-state index in [2.05, 4.69) is 175 Å². The topological polar surface area (TPSA) is 34.8 Å². The summed E-state index contributed by atoms with van der Waals surface area (Å²) in [6.07, 6.45) is 0. The first kappa shape index (κ1) is 32.3. The number of nitrogens with zero attached hydrogens (tertiary/aromatic N) is 1. The molecular weight excluding hydrogens is 723 g/mol. The van der Waals surface area contributed by atoms with Crippen LogP contribution in [-0.2, 0) is 5.41 Å². The average Bonchev–Trinajstić information content (AvgIpc) is 3.92. The lowest BCUT2D eigenvalue weighted by atomic mass is 9.70. The van der Waals surface area contributed by atoms with Gasteiger partial charge in [0.15, 0.2) is 23.0 Å². The summed E-state index contributed by atoms with van der Waals surface area (Å²) in [5.74, 6) is 2.73. The standard InChI is InChI=1S/C55H33NO3/c1-2-15-36(16-3-1)56(37-17-12-14-34(30-37)35-28-29-50-43(31-35)41-21-7-11-26-49(41)57-50)48-25-13-27-51-54(48)59-53-33-47-42(32-52(53)58-51)40-20-6-10-24-46(40)55(47)44-22-8-4-18-38(44)39-19-5-9-23-45(39)55/h1-33H. The van der Waals surface area contributed by atoms with E-state index in [4.69, 9.17) is 13.9 Å². The molecule has 0 amide bonds. The number of hydrogen-bond donors (Lipinski definition) is 0. The quantitative estimate of drug-likeness (QED) is 0.179. The molecule has 1 spiro atoms. The van der Waals surface area contributed by atoms with Crippen LogP contribution in [0.3, 0.4) is 0 Å².